The molecule has 0 radical (unpaired) electrons. The molecule has 0 bridgehead atoms. The van der Waals surface area contributed by atoms with Crippen LogP contribution < -0.4 is 5.32 Å². The van der Waals surface area contributed by atoms with Gasteiger partial charge in [-0.25, -0.2) is 0 Å². The fourth-order valence-corrected chi connectivity index (χ4v) is 3.40. The minimum absolute atomic E-state index is 0.437. The van der Waals surface area contributed by atoms with Crippen molar-refractivity contribution in [2.24, 2.45) is 5.92 Å². The summed E-state index contributed by atoms with van der Waals surface area (Å²) in [5, 5.41) is 3.21. The van der Waals surface area contributed by atoms with Crippen molar-refractivity contribution in [1.29, 1.82) is 0 Å². The van der Waals surface area contributed by atoms with Crippen molar-refractivity contribution in [3.63, 3.8) is 0 Å². The van der Waals surface area contributed by atoms with Gasteiger partial charge in [-0.1, -0.05) is 0 Å². The van der Waals surface area contributed by atoms with Gasteiger partial charge in [0.1, 0.15) is 0 Å². The van der Waals surface area contributed by atoms with Crippen LogP contribution in [0.1, 0.15) is 25.7 Å². The summed E-state index contributed by atoms with van der Waals surface area (Å²) in [6, 6.07) is 0. The van der Waals surface area contributed by atoms with E-state index in [0.29, 0.717) is 12.2 Å². The maximum Gasteiger partial charge on any atom is 0.0707 e. The molecule has 0 spiro atoms. The molecule has 2 fully saturated rings. The number of rotatable bonds is 6. The summed E-state index contributed by atoms with van der Waals surface area (Å²) in [4.78, 5) is 4.93. The monoisotopic (exact) mass is 269 g/mol. The van der Waals surface area contributed by atoms with Gasteiger partial charge in [0.25, 0.3) is 0 Å². The van der Waals surface area contributed by atoms with E-state index in [2.05, 4.69) is 29.2 Å². The highest BCUT2D eigenvalue weighted by molar-refractivity contribution is 4.78. The van der Waals surface area contributed by atoms with Crippen molar-refractivity contribution in [1.82, 2.24) is 15.1 Å². The first kappa shape index (κ1) is 15.2. The molecule has 2 heterocycles. The molecule has 2 saturated heterocycles. The molecule has 4 heteroatoms. The Morgan fingerprint density at radius 2 is 1.79 bits per heavy atom. The van der Waals surface area contributed by atoms with Gasteiger partial charge in [-0.2, -0.15) is 0 Å². The zero-order valence-electron chi connectivity index (χ0n) is 12.9. The maximum absolute atomic E-state index is 6.07. The number of piperidine rings is 1. The average molecular weight is 269 g/mol. The van der Waals surface area contributed by atoms with E-state index in [-0.39, 0.29) is 0 Å². The summed E-state index contributed by atoms with van der Waals surface area (Å²) in [5.41, 5.74) is 0. The Bertz CT molecular complexity index is 254. The second-order valence-corrected chi connectivity index (χ2v) is 6.48. The van der Waals surface area contributed by atoms with E-state index in [1.165, 1.54) is 45.3 Å². The van der Waals surface area contributed by atoms with Gasteiger partial charge >= 0.3 is 0 Å². The summed E-state index contributed by atoms with van der Waals surface area (Å²) < 4.78 is 6.07. The molecule has 0 aromatic heterocycles. The van der Waals surface area contributed by atoms with E-state index >= 15 is 0 Å². The molecule has 0 aromatic rings. The van der Waals surface area contributed by atoms with E-state index < -0.39 is 0 Å². The summed E-state index contributed by atoms with van der Waals surface area (Å²) in [7, 11) is 6.49. The van der Waals surface area contributed by atoms with Crippen molar-refractivity contribution in [3.8, 4) is 0 Å². The Kier molecular flexibility index (Phi) is 6.07. The second kappa shape index (κ2) is 7.58. The second-order valence-electron chi connectivity index (χ2n) is 6.48. The first-order valence-corrected chi connectivity index (χ1v) is 7.84. The minimum atomic E-state index is 0.437. The van der Waals surface area contributed by atoms with Gasteiger partial charge in [-0.15, -0.1) is 0 Å². The molecule has 19 heavy (non-hydrogen) atoms. The molecule has 2 rings (SSSR count). The van der Waals surface area contributed by atoms with Gasteiger partial charge in [-0.3, -0.25) is 0 Å². The van der Waals surface area contributed by atoms with Crippen LogP contribution in [0.15, 0.2) is 0 Å². The summed E-state index contributed by atoms with van der Waals surface area (Å²) in [6.45, 7) is 5.87. The molecule has 0 aromatic carbocycles. The minimum Gasteiger partial charge on any atom is -0.372 e. The largest absolute Gasteiger partial charge is 0.372 e. The summed E-state index contributed by atoms with van der Waals surface area (Å²) in [6.07, 6.45) is 6.04. The maximum atomic E-state index is 6.07. The lowest BCUT2D eigenvalue weighted by molar-refractivity contribution is 0.0246. The normalized spacial score (nSPS) is 30.3. The lowest BCUT2D eigenvalue weighted by atomic mass is 9.96. The topological polar surface area (TPSA) is 27.7 Å². The number of nitrogens with one attached hydrogen (secondary N) is 1. The smallest absolute Gasteiger partial charge is 0.0707 e. The Labute approximate surface area is 118 Å². The van der Waals surface area contributed by atoms with Crippen LogP contribution in [0.4, 0.5) is 0 Å². The number of likely N-dealkylation sites (tertiary alicyclic amines) is 1. The molecule has 2 aliphatic rings. The Balaban J connectivity index is 1.63. The molecular formula is C15H31N3O. The van der Waals surface area contributed by atoms with E-state index in [4.69, 9.17) is 4.74 Å². The third-order valence-corrected chi connectivity index (χ3v) is 4.55. The molecule has 0 aliphatic carbocycles. The van der Waals surface area contributed by atoms with Crippen LogP contribution in [-0.2, 0) is 4.74 Å². The Hall–Kier alpha value is -0.160. The lowest BCUT2D eigenvalue weighted by Crippen LogP contribution is -2.38. The van der Waals surface area contributed by atoms with Crippen LogP contribution in [0.3, 0.4) is 0 Å². The van der Waals surface area contributed by atoms with Gasteiger partial charge in [-0.05, 0) is 65.8 Å². The van der Waals surface area contributed by atoms with E-state index in [9.17, 15) is 0 Å². The number of ether oxygens (including phenoxy) is 1. The summed E-state index contributed by atoms with van der Waals surface area (Å²) >= 11 is 0. The number of hydrogen-bond acceptors (Lipinski definition) is 4. The van der Waals surface area contributed by atoms with Crippen LogP contribution in [0.25, 0.3) is 0 Å². The molecule has 4 nitrogen and oxygen atoms in total. The quantitative estimate of drug-likeness (QED) is 0.779. The average Bonchev–Trinajstić information content (AvgIpc) is 2.80. The molecule has 1 N–H and O–H groups in total. The Morgan fingerprint density at radius 1 is 1.11 bits per heavy atom. The molecule has 0 saturated carbocycles. The highest BCUT2D eigenvalue weighted by Gasteiger charge is 2.26. The molecule has 2 atom stereocenters. The van der Waals surface area contributed by atoms with Crippen molar-refractivity contribution >= 4 is 0 Å². The number of likely N-dealkylation sites (N-methyl/N-ethyl adjacent to an activating group) is 2. The number of nitrogens with zero attached hydrogens (tertiary/aromatic N) is 2. The molecule has 2 unspecified atom stereocenters. The van der Waals surface area contributed by atoms with Crippen molar-refractivity contribution in [2.75, 3.05) is 53.9 Å². The summed E-state index contributed by atoms with van der Waals surface area (Å²) in [5.74, 6) is 0.885. The highest BCUT2D eigenvalue weighted by atomic mass is 16.5. The fourth-order valence-electron chi connectivity index (χ4n) is 3.40. The highest BCUT2D eigenvalue weighted by Crippen LogP contribution is 2.21. The first-order valence-electron chi connectivity index (χ1n) is 7.84. The molecule has 2 aliphatic heterocycles. The number of hydrogen-bond donors (Lipinski definition) is 1. The fraction of sp³-hybridized carbons (Fsp3) is 1.00. The molecule has 112 valence electrons. The van der Waals surface area contributed by atoms with E-state index in [1.54, 1.807) is 0 Å². The molecular weight excluding hydrogens is 238 g/mol. The third kappa shape index (κ3) is 5.03. The van der Waals surface area contributed by atoms with E-state index in [1.807, 2.05) is 7.05 Å². The van der Waals surface area contributed by atoms with Crippen LogP contribution in [0.5, 0.6) is 0 Å². The zero-order chi connectivity index (χ0) is 13.7. The van der Waals surface area contributed by atoms with Crippen LogP contribution in [0, 0.1) is 5.92 Å². The van der Waals surface area contributed by atoms with E-state index in [0.717, 1.165) is 19.0 Å². The zero-order valence-corrected chi connectivity index (χ0v) is 12.9. The van der Waals surface area contributed by atoms with Gasteiger partial charge in [0.15, 0.2) is 0 Å². The van der Waals surface area contributed by atoms with Gasteiger partial charge in [0.05, 0.1) is 12.2 Å². The van der Waals surface area contributed by atoms with Crippen molar-refractivity contribution in [3.05, 3.63) is 0 Å². The van der Waals surface area contributed by atoms with Crippen molar-refractivity contribution in [2.45, 2.75) is 37.9 Å². The SMILES string of the molecule is CNCC1CCC(CN(C)CC2CCN(C)CC2)O1. The van der Waals surface area contributed by atoms with Crippen LogP contribution >= 0.6 is 0 Å². The lowest BCUT2D eigenvalue weighted by Gasteiger charge is -2.32. The molecule has 0 amide bonds. The predicted molar refractivity (Wildman–Crippen MR) is 79.5 cm³/mol. The van der Waals surface area contributed by atoms with Crippen LogP contribution in [0.2, 0.25) is 0 Å². The van der Waals surface area contributed by atoms with Gasteiger partial charge in [0.2, 0.25) is 0 Å². The van der Waals surface area contributed by atoms with Crippen molar-refractivity contribution < 1.29 is 4.74 Å². The van der Waals surface area contributed by atoms with Crippen LogP contribution in [-0.4, -0.2) is 75.9 Å². The predicted octanol–water partition coefficient (Wildman–Crippen LogP) is 1.03. The first-order chi connectivity index (χ1) is 9.17. The standard InChI is InChI=1S/C15H31N3O/c1-16-10-14-4-5-15(19-14)12-18(3)11-13-6-8-17(2)9-7-13/h13-16H,4-12H2,1-3H3. The Morgan fingerprint density at radius 3 is 2.47 bits per heavy atom. The van der Waals surface area contributed by atoms with Gasteiger partial charge < -0.3 is 19.9 Å². The third-order valence-electron chi connectivity index (χ3n) is 4.55. The van der Waals surface area contributed by atoms with Gasteiger partial charge in [0, 0.05) is 19.6 Å².